The van der Waals surface area contributed by atoms with Crippen LogP contribution in [0, 0.1) is 17.8 Å². The minimum absolute atomic E-state index is 0.484. The van der Waals surface area contributed by atoms with Crippen molar-refractivity contribution >= 4 is 0 Å². The number of rotatable bonds is 3. The minimum Gasteiger partial charge on any atom is -0.309 e. The Hall–Kier alpha value is -0.480. The molecule has 62 valence electrons. The SMILES string of the molecule is C#CCC1(CN(C)C)CCC1. The number of hydrogen-bond donors (Lipinski definition) is 0. The monoisotopic (exact) mass is 151 g/mol. The first-order valence-electron chi connectivity index (χ1n) is 4.27. The summed E-state index contributed by atoms with van der Waals surface area (Å²) >= 11 is 0. The van der Waals surface area contributed by atoms with Crippen molar-refractivity contribution in [3.05, 3.63) is 0 Å². The first kappa shape index (κ1) is 8.62. The largest absolute Gasteiger partial charge is 0.309 e. The molecule has 1 heteroatoms. The van der Waals surface area contributed by atoms with E-state index in [1.165, 1.54) is 19.3 Å². The average molecular weight is 151 g/mol. The van der Waals surface area contributed by atoms with Crippen LogP contribution in [0.15, 0.2) is 0 Å². The summed E-state index contributed by atoms with van der Waals surface area (Å²) in [6.45, 7) is 1.16. The predicted molar refractivity (Wildman–Crippen MR) is 48.3 cm³/mol. The van der Waals surface area contributed by atoms with Crippen LogP contribution in [-0.4, -0.2) is 25.5 Å². The molecule has 1 aliphatic rings. The highest BCUT2D eigenvalue weighted by atomic mass is 15.1. The summed E-state index contributed by atoms with van der Waals surface area (Å²) in [4.78, 5) is 2.25. The van der Waals surface area contributed by atoms with Crippen LogP contribution in [0.3, 0.4) is 0 Å². The van der Waals surface area contributed by atoms with Gasteiger partial charge in [-0.15, -0.1) is 12.3 Å². The summed E-state index contributed by atoms with van der Waals surface area (Å²) in [5.41, 5.74) is 0.484. The molecular weight excluding hydrogens is 134 g/mol. The molecule has 1 fully saturated rings. The molecule has 1 nitrogen and oxygen atoms in total. The van der Waals surface area contributed by atoms with Gasteiger partial charge in [0.25, 0.3) is 0 Å². The van der Waals surface area contributed by atoms with Gasteiger partial charge in [0.2, 0.25) is 0 Å². The zero-order valence-electron chi connectivity index (χ0n) is 7.56. The number of nitrogens with zero attached hydrogens (tertiary/aromatic N) is 1. The Labute approximate surface area is 69.8 Å². The summed E-state index contributed by atoms with van der Waals surface area (Å²) in [6.07, 6.45) is 10.3. The molecule has 0 saturated heterocycles. The van der Waals surface area contributed by atoms with Gasteiger partial charge in [0.05, 0.1) is 0 Å². The highest BCUT2D eigenvalue weighted by molar-refractivity contribution is 4.99. The Kier molecular flexibility index (Phi) is 2.57. The quantitative estimate of drug-likeness (QED) is 0.555. The predicted octanol–water partition coefficient (Wildman–Crippen LogP) is 1.74. The van der Waals surface area contributed by atoms with E-state index < -0.39 is 0 Å². The van der Waals surface area contributed by atoms with Crippen molar-refractivity contribution in [1.29, 1.82) is 0 Å². The smallest absolute Gasteiger partial charge is 0.0155 e. The van der Waals surface area contributed by atoms with Crippen LogP contribution in [-0.2, 0) is 0 Å². The third-order valence-electron chi connectivity index (χ3n) is 2.54. The second-order valence-electron chi connectivity index (χ2n) is 3.97. The molecule has 0 N–H and O–H groups in total. The topological polar surface area (TPSA) is 3.24 Å². The lowest BCUT2D eigenvalue weighted by atomic mass is 9.66. The van der Waals surface area contributed by atoms with E-state index in [2.05, 4.69) is 24.9 Å². The average Bonchev–Trinajstić information content (AvgIpc) is 1.82. The minimum atomic E-state index is 0.484. The van der Waals surface area contributed by atoms with Crippen molar-refractivity contribution in [2.45, 2.75) is 25.7 Å². The maximum absolute atomic E-state index is 5.33. The fourth-order valence-corrected chi connectivity index (χ4v) is 1.95. The molecule has 0 spiro atoms. The van der Waals surface area contributed by atoms with Crippen molar-refractivity contribution in [2.24, 2.45) is 5.41 Å². The van der Waals surface area contributed by atoms with Crippen LogP contribution < -0.4 is 0 Å². The summed E-state index contributed by atoms with van der Waals surface area (Å²) in [6, 6.07) is 0. The molecule has 1 rings (SSSR count). The van der Waals surface area contributed by atoms with E-state index >= 15 is 0 Å². The third kappa shape index (κ3) is 1.97. The van der Waals surface area contributed by atoms with E-state index in [4.69, 9.17) is 6.42 Å². The molecule has 0 radical (unpaired) electrons. The molecule has 1 saturated carbocycles. The van der Waals surface area contributed by atoms with Crippen LogP contribution in [0.5, 0.6) is 0 Å². The Balaban J connectivity index is 2.41. The van der Waals surface area contributed by atoms with Crippen LogP contribution in [0.1, 0.15) is 25.7 Å². The normalized spacial score (nSPS) is 20.9. The van der Waals surface area contributed by atoms with Crippen molar-refractivity contribution in [3.63, 3.8) is 0 Å². The van der Waals surface area contributed by atoms with Gasteiger partial charge in [-0.3, -0.25) is 0 Å². The maximum atomic E-state index is 5.33. The van der Waals surface area contributed by atoms with Gasteiger partial charge in [-0.05, 0) is 32.4 Å². The van der Waals surface area contributed by atoms with Crippen LogP contribution in [0.25, 0.3) is 0 Å². The lowest BCUT2D eigenvalue weighted by Crippen LogP contribution is -2.39. The van der Waals surface area contributed by atoms with Crippen molar-refractivity contribution in [3.8, 4) is 12.3 Å². The first-order valence-corrected chi connectivity index (χ1v) is 4.27. The summed E-state index contributed by atoms with van der Waals surface area (Å²) in [7, 11) is 4.24. The first-order chi connectivity index (χ1) is 5.18. The fraction of sp³-hybridized carbons (Fsp3) is 0.800. The van der Waals surface area contributed by atoms with E-state index in [0.29, 0.717) is 5.41 Å². The molecule has 0 bridgehead atoms. The lowest BCUT2D eigenvalue weighted by molar-refractivity contribution is 0.0952. The molecular formula is C10H17N. The van der Waals surface area contributed by atoms with Crippen LogP contribution in [0.2, 0.25) is 0 Å². The van der Waals surface area contributed by atoms with E-state index in [-0.39, 0.29) is 0 Å². The van der Waals surface area contributed by atoms with Gasteiger partial charge in [-0.25, -0.2) is 0 Å². The lowest BCUT2D eigenvalue weighted by Gasteiger charge is -2.42. The van der Waals surface area contributed by atoms with Gasteiger partial charge in [-0.1, -0.05) is 6.42 Å². The Morgan fingerprint density at radius 2 is 2.09 bits per heavy atom. The molecule has 0 unspecified atom stereocenters. The molecule has 0 aromatic heterocycles. The van der Waals surface area contributed by atoms with Gasteiger partial charge in [-0.2, -0.15) is 0 Å². The highest BCUT2D eigenvalue weighted by Gasteiger charge is 2.36. The number of hydrogen-bond acceptors (Lipinski definition) is 1. The van der Waals surface area contributed by atoms with Crippen molar-refractivity contribution in [2.75, 3.05) is 20.6 Å². The van der Waals surface area contributed by atoms with Crippen LogP contribution >= 0.6 is 0 Å². The van der Waals surface area contributed by atoms with E-state index in [1.807, 2.05) is 0 Å². The van der Waals surface area contributed by atoms with E-state index in [9.17, 15) is 0 Å². The van der Waals surface area contributed by atoms with Crippen LogP contribution in [0.4, 0.5) is 0 Å². The second kappa shape index (κ2) is 3.28. The van der Waals surface area contributed by atoms with Gasteiger partial charge < -0.3 is 4.90 Å². The summed E-state index contributed by atoms with van der Waals surface area (Å²) in [5, 5.41) is 0. The van der Waals surface area contributed by atoms with Gasteiger partial charge in [0.15, 0.2) is 0 Å². The van der Waals surface area contributed by atoms with Crippen molar-refractivity contribution in [1.82, 2.24) is 4.90 Å². The summed E-state index contributed by atoms with van der Waals surface area (Å²) in [5.74, 6) is 2.79. The molecule has 0 heterocycles. The number of terminal acetylenes is 1. The Morgan fingerprint density at radius 1 is 1.45 bits per heavy atom. The molecule has 1 aliphatic carbocycles. The molecule has 0 aromatic carbocycles. The van der Waals surface area contributed by atoms with E-state index in [1.54, 1.807) is 0 Å². The molecule has 11 heavy (non-hydrogen) atoms. The van der Waals surface area contributed by atoms with E-state index in [0.717, 1.165) is 13.0 Å². The highest BCUT2D eigenvalue weighted by Crippen LogP contribution is 2.43. The molecule has 0 aliphatic heterocycles. The maximum Gasteiger partial charge on any atom is 0.0155 e. The van der Waals surface area contributed by atoms with Gasteiger partial charge in [0, 0.05) is 13.0 Å². The fourth-order valence-electron chi connectivity index (χ4n) is 1.95. The summed E-state index contributed by atoms with van der Waals surface area (Å²) < 4.78 is 0. The zero-order valence-corrected chi connectivity index (χ0v) is 7.56. The molecule has 0 amide bonds. The van der Waals surface area contributed by atoms with Gasteiger partial charge in [0.1, 0.15) is 0 Å². The third-order valence-corrected chi connectivity index (χ3v) is 2.54. The standard InChI is InChI=1S/C10H17N/c1-4-6-10(7-5-8-10)9-11(2)3/h1H,5-9H2,2-3H3. The zero-order chi connectivity index (χ0) is 8.32. The Morgan fingerprint density at radius 3 is 2.36 bits per heavy atom. The van der Waals surface area contributed by atoms with Crippen molar-refractivity contribution < 1.29 is 0 Å². The second-order valence-corrected chi connectivity index (χ2v) is 3.97. The molecule has 0 atom stereocenters. The molecule has 0 aromatic rings. The Bertz CT molecular complexity index is 160. The van der Waals surface area contributed by atoms with Gasteiger partial charge >= 0.3 is 0 Å².